The number of cyclic esters (lactones) is 1. The van der Waals surface area contributed by atoms with E-state index in [0.29, 0.717) is 12.3 Å². The molecule has 0 radical (unpaired) electrons. The summed E-state index contributed by atoms with van der Waals surface area (Å²) in [7, 11) is 0. The van der Waals surface area contributed by atoms with Gasteiger partial charge >= 0.3 is 5.97 Å². The first-order valence-corrected chi connectivity index (χ1v) is 9.39. The minimum absolute atomic E-state index is 0.0932. The zero-order valence-corrected chi connectivity index (χ0v) is 15.9. The number of carbonyl (C=O) groups is 1. The Morgan fingerprint density at radius 3 is 2.83 bits per heavy atom. The fourth-order valence-electron chi connectivity index (χ4n) is 4.64. The molecule has 130 valence electrons. The molecular formula is C19H24BrNO3. The molecule has 1 aromatic rings. The highest BCUT2D eigenvalue weighted by Gasteiger charge is 2.62. The predicted molar refractivity (Wildman–Crippen MR) is 96.0 cm³/mol. The van der Waals surface area contributed by atoms with Crippen molar-refractivity contribution in [2.75, 3.05) is 0 Å². The molecule has 6 atom stereocenters. The van der Waals surface area contributed by atoms with Crippen LogP contribution in [0.3, 0.4) is 0 Å². The van der Waals surface area contributed by atoms with Gasteiger partial charge in [-0.3, -0.25) is 4.98 Å². The molecule has 1 aromatic heterocycles. The quantitative estimate of drug-likeness (QED) is 0.792. The molecular weight excluding hydrogens is 370 g/mol. The summed E-state index contributed by atoms with van der Waals surface area (Å²) in [4.78, 5) is 16.6. The van der Waals surface area contributed by atoms with Gasteiger partial charge in [-0.05, 0) is 65.2 Å². The van der Waals surface area contributed by atoms with Gasteiger partial charge in [0.2, 0.25) is 0 Å². The molecule has 1 N–H and O–H groups in total. The number of pyridine rings is 1. The van der Waals surface area contributed by atoms with Crippen molar-refractivity contribution in [3.8, 4) is 0 Å². The first-order chi connectivity index (χ1) is 11.4. The van der Waals surface area contributed by atoms with Crippen LogP contribution in [0.15, 0.2) is 28.9 Å². The van der Waals surface area contributed by atoms with Crippen LogP contribution in [0.25, 0.3) is 6.08 Å². The molecule has 0 aromatic carbocycles. The molecule has 1 aliphatic heterocycles. The topological polar surface area (TPSA) is 59.4 Å². The van der Waals surface area contributed by atoms with Gasteiger partial charge in [0.25, 0.3) is 0 Å². The van der Waals surface area contributed by atoms with Crippen LogP contribution in [0.4, 0.5) is 0 Å². The number of allylic oxidation sites excluding steroid dienone is 1. The second kappa shape index (κ2) is 6.60. The third-order valence-corrected chi connectivity index (χ3v) is 6.16. The van der Waals surface area contributed by atoms with Crippen LogP contribution in [-0.4, -0.2) is 27.8 Å². The highest BCUT2D eigenvalue weighted by Crippen LogP contribution is 2.52. The maximum Gasteiger partial charge on any atom is 0.338 e. The van der Waals surface area contributed by atoms with Crippen LogP contribution < -0.4 is 0 Å². The number of rotatable bonds is 3. The Morgan fingerprint density at radius 1 is 1.46 bits per heavy atom. The zero-order valence-electron chi connectivity index (χ0n) is 14.3. The van der Waals surface area contributed by atoms with Gasteiger partial charge in [-0.25, -0.2) is 4.79 Å². The minimum Gasteiger partial charge on any atom is -0.460 e. The van der Waals surface area contributed by atoms with Crippen LogP contribution >= 0.6 is 15.9 Å². The summed E-state index contributed by atoms with van der Waals surface area (Å²) in [5, 5.41) is 11.0. The zero-order chi connectivity index (χ0) is 17.5. The number of nitrogens with zero attached hydrogens (tertiary/aromatic N) is 1. The lowest BCUT2D eigenvalue weighted by Gasteiger charge is -2.45. The van der Waals surface area contributed by atoms with Crippen LogP contribution in [0.5, 0.6) is 0 Å². The lowest BCUT2D eigenvalue weighted by atomic mass is 9.59. The Kier molecular flexibility index (Phi) is 4.85. The third kappa shape index (κ3) is 2.93. The van der Waals surface area contributed by atoms with E-state index in [9.17, 15) is 9.90 Å². The lowest BCUT2D eigenvalue weighted by molar-refractivity contribution is -0.160. The van der Waals surface area contributed by atoms with Gasteiger partial charge in [-0.2, -0.15) is 0 Å². The average Bonchev–Trinajstić information content (AvgIpc) is 2.75. The van der Waals surface area contributed by atoms with E-state index in [1.54, 1.807) is 6.20 Å². The monoisotopic (exact) mass is 393 g/mol. The largest absolute Gasteiger partial charge is 0.460 e. The fraction of sp³-hybridized carbons (Fsp3) is 0.579. The van der Waals surface area contributed by atoms with E-state index in [1.807, 2.05) is 25.1 Å². The molecule has 2 heterocycles. The van der Waals surface area contributed by atoms with Gasteiger partial charge in [-0.15, -0.1) is 0 Å². The van der Waals surface area contributed by atoms with Gasteiger partial charge in [0.1, 0.15) is 6.10 Å². The smallest absolute Gasteiger partial charge is 0.338 e. The van der Waals surface area contributed by atoms with Crippen molar-refractivity contribution < 1.29 is 14.6 Å². The molecule has 3 rings (SSSR count). The molecule has 1 aliphatic carbocycles. The van der Waals surface area contributed by atoms with Crippen LogP contribution in [0.1, 0.15) is 39.3 Å². The van der Waals surface area contributed by atoms with Gasteiger partial charge in [0.15, 0.2) is 5.60 Å². The van der Waals surface area contributed by atoms with Crippen molar-refractivity contribution in [3.05, 3.63) is 34.6 Å². The number of esters is 1. The number of hydrogen-bond donors (Lipinski definition) is 1. The maximum atomic E-state index is 12.2. The number of ether oxygens (including phenoxy) is 1. The van der Waals surface area contributed by atoms with Crippen molar-refractivity contribution in [2.24, 2.45) is 23.7 Å². The highest BCUT2D eigenvalue weighted by atomic mass is 79.9. The van der Waals surface area contributed by atoms with E-state index in [0.717, 1.165) is 16.6 Å². The molecule has 0 bridgehead atoms. The SMILES string of the molecule is CC[C@H]1[C@H](C=Cc2ccc(Br)cn2)[C@@H]2[C@@H](C)OC(=O)[C@]2(O)C[C@@H]1C. The Morgan fingerprint density at radius 2 is 2.21 bits per heavy atom. The lowest BCUT2D eigenvalue weighted by Crippen LogP contribution is -2.53. The second-order valence-corrected chi connectivity index (χ2v) is 8.07. The van der Waals surface area contributed by atoms with Crippen molar-refractivity contribution in [2.45, 2.75) is 45.3 Å². The van der Waals surface area contributed by atoms with Crippen molar-refractivity contribution in [1.29, 1.82) is 0 Å². The molecule has 24 heavy (non-hydrogen) atoms. The first kappa shape index (κ1) is 17.6. The molecule has 2 fully saturated rings. The Hall–Kier alpha value is -1.20. The molecule has 0 amide bonds. The number of halogens is 1. The van der Waals surface area contributed by atoms with Crippen LogP contribution in [0, 0.1) is 23.7 Å². The second-order valence-electron chi connectivity index (χ2n) is 7.15. The summed E-state index contributed by atoms with van der Waals surface area (Å²) >= 11 is 3.39. The fourth-order valence-corrected chi connectivity index (χ4v) is 4.87. The van der Waals surface area contributed by atoms with E-state index in [1.165, 1.54) is 0 Å². The molecule has 0 spiro atoms. The van der Waals surface area contributed by atoms with Gasteiger partial charge < -0.3 is 9.84 Å². The number of hydrogen-bond acceptors (Lipinski definition) is 4. The van der Waals surface area contributed by atoms with Gasteiger partial charge in [0, 0.05) is 16.6 Å². The van der Waals surface area contributed by atoms with Gasteiger partial charge in [-0.1, -0.05) is 26.3 Å². The van der Waals surface area contributed by atoms with Crippen molar-refractivity contribution in [3.63, 3.8) is 0 Å². The van der Waals surface area contributed by atoms with Crippen molar-refractivity contribution >= 4 is 28.0 Å². The summed E-state index contributed by atoms with van der Waals surface area (Å²) in [6.07, 6.45) is 7.11. The molecule has 1 saturated carbocycles. The summed E-state index contributed by atoms with van der Waals surface area (Å²) in [5.74, 6) is 0.121. The molecule has 2 aliphatic rings. The summed E-state index contributed by atoms with van der Waals surface area (Å²) in [6.45, 7) is 6.19. The summed E-state index contributed by atoms with van der Waals surface area (Å²) in [5.41, 5.74) is -0.486. The molecule has 1 saturated heterocycles. The Balaban J connectivity index is 1.94. The van der Waals surface area contributed by atoms with E-state index in [4.69, 9.17) is 4.74 Å². The van der Waals surface area contributed by atoms with Gasteiger partial charge in [0.05, 0.1) is 5.69 Å². The minimum atomic E-state index is -1.35. The standard InChI is InChI=1S/C19H24BrNO3/c1-4-15-11(2)9-19(23)17(12(3)24-18(19)22)16(15)8-7-14-6-5-13(20)10-21-14/h5-8,10-12,15-17,23H,4,9H2,1-3H3/t11-,12+,15+,16-,17-,19-/m0/s1. The van der Waals surface area contributed by atoms with Crippen LogP contribution in [0.2, 0.25) is 0 Å². The highest BCUT2D eigenvalue weighted by molar-refractivity contribution is 9.10. The summed E-state index contributed by atoms with van der Waals surface area (Å²) in [6, 6.07) is 3.90. The number of fused-ring (bicyclic) bond motifs is 1. The number of aliphatic hydroxyl groups is 1. The normalized spacial score (nSPS) is 39.0. The van der Waals surface area contributed by atoms with E-state index in [2.05, 4.69) is 40.8 Å². The predicted octanol–water partition coefficient (Wildman–Crippen LogP) is 3.83. The molecule has 5 heteroatoms. The van der Waals surface area contributed by atoms with Crippen LogP contribution in [-0.2, 0) is 9.53 Å². The Bertz CT molecular complexity index is 645. The average molecular weight is 394 g/mol. The molecule has 4 nitrogen and oxygen atoms in total. The number of aromatic nitrogens is 1. The third-order valence-electron chi connectivity index (χ3n) is 5.69. The number of carbonyl (C=O) groups excluding carboxylic acids is 1. The molecule has 0 unspecified atom stereocenters. The maximum absolute atomic E-state index is 12.2. The van der Waals surface area contributed by atoms with E-state index < -0.39 is 11.6 Å². The van der Waals surface area contributed by atoms with Crippen molar-refractivity contribution in [1.82, 2.24) is 4.98 Å². The first-order valence-electron chi connectivity index (χ1n) is 8.60. The van der Waals surface area contributed by atoms with E-state index >= 15 is 0 Å². The van der Waals surface area contributed by atoms with E-state index in [-0.39, 0.29) is 23.9 Å². The Labute approximate surface area is 151 Å². The summed E-state index contributed by atoms with van der Waals surface area (Å²) < 4.78 is 6.35.